The molecule has 0 aliphatic heterocycles. The lowest BCUT2D eigenvalue weighted by Crippen LogP contribution is -2.14. The minimum Gasteiger partial charge on any atom is -0.491 e. The molecule has 0 saturated heterocycles. The zero-order valence-corrected chi connectivity index (χ0v) is 15.4. The molecule has 26 heavy (non-hydrogen) atoms. The summed E-state index contributed by atoms with van der Waals surface area (Å²) in [4.78, 5) is 10.9. The molecular formula is C21H29FO4. The average molecular weight is 364 g/mol. The van der Waals surface area contributed by atoms with Crippen LogP contribution in [0.25, 0.3) is 0 Å². The van der Waals surface area contributed by atoms with Crippen molar-refractivity contribution in [2.24, 2.45) is 0 Å². The Morgan fingerprint density at radius 2 is 1.81 bits per heavy atom. The SMILES string of the molecule is COC(=O)CCCCCCC/C=C\C=C\[C@@H](O)COc1ccc(F)cc1. The van der Waals surface area contributed by atoms with Crippen LogP contribution in [-0.2, 0) is 9.53 Å². The fraction of sp³-hybridized carbons (Fsp3) is 0.476. The number of methoxy groups -OCH3 is 1. The highest BCUT2D eigenvalue weighted by Gasteiger charge is 2.00. The van der Waals surface area contributed by atoms with E-state index in [0.29, 0.717) is 12.2 Å². The predicted molar refractivity (Wildman–Crippen MR) is 101 cm³/mol. The van der Waals surface area contributed by atoms with Crippen LogP contribution in [0.2, 0.25) is 0 Å². The van der Waals surface area contributed by atoms with E-state index in [1.54, 1.807) is 12.2 Å². The quantitative estimate of drug-likeness (QED) is 0.316. The van der Waals surface area contributed by atoms with Crippen LogP contribution in [0.3, 0.4) is 0 Å². The number of hydrogen-bond acceptors (Lipinski definition) is 4. The summed E-state index contributed by atoms with van der Waals surface area (Å²) in [7, 11) is 1.42. The summed E-state index contributed by atoms with van der Waals surface area (Å²) in [6, 6.07) is 5.70. The molecule has 0 unspecified atom stereocenters. The third-order valence-corrected chi connectivity index (χ3v) is 3.79. The van der Waals surface area contributed by atoms with Gasteiger partial charge in [0.1, 0.15) is 24.3 Å². The molecule has 1 aromatic rings. The number of halogens is 1. The van der Waals surface area contributed by atoms with Crippen molar-refractivity contribution < 1.29 is 23.8 Å². The number of hydrogen-bond donors (Lipinski definition) is 1. The van der Waals surface area contributed by atoms with Gasteiger partial charge in [-0.05, 0) is 43.5 Å². The summed E-state index contributed by atoms with van der Waals surface area (Å²) in [6.07, 6.45) is 13.6. The first-order valence-electron chi connectivity index (χ1n) is 9.08. The van der Waals surface area contributed by atoms with E-state index < -0.39 is 6.10 Å². The number of aliphatic hydroxyl groups excluding tert-OH is 1. The minimum atomic E-state index is -0.709. The number of benzene rings is 1. The summed E-state index contributed by atoms with van der Waals surface area (Å²) in [6.45, 7) is 0.127. The van der Waals surface area contributed by atoms with Crippen LogP contribution in [-0.4, -0.2) is 30.9 Å². The number of unbranched alkanes of at least 4 members (excludes halogenated alkanes) is 5. The molecule has 1 N–H and O–H groups in total. The van der Waals surface area contributed by atoms with E-state index in [9.17, 15) is 14.3 Å². The molecule has 144 valence electrons. The van der Waals surface area contributed by atoms with Crippen molar-refractivity contribution in [3.8, 4) is 5.75 Å². The summed E-state index contributed by atoms with van der Waals surface area (Å²) in [5.41, 5.74) is 0. The summed E-state index contributed by atoms with van der Waals surface area (Å²) >= 11 is 0. The number of rotatable bonds is 13. The molecule has 0 aliphatic carbocycles. The Balaban J connectivity index is 2.01. The fourth-order valence-electron chi connectivity index (χ4n) is 2.30. The van der Waals surface area contributed by atoms with Gasteiger partial charge in [-0.3, -0.25) is 4.79 Å². The van der Waals surface area contributed by atoms with Crippen molar-refractivity contribution in [3.63, 3.8) is 0 Å². The summed E-state index contributed by atoms with van der Waals surface area (Å²) in [5.74, 6) is 0.0788. The molecule has 1 rings (SSSR count). The van der Waals surface area contributed by atoms with Crippen LogP contribution < -0.4 is 4.74 Å². The Hall–Kier alpha value is -2.14. The first-order valence-corrected chi connectivity index (χ1v) is 9.08. The Kier molecular flexibility index (Phi) is 11.9. The molecule has 0 fully saturated rings. The molecule has 0 aromatic heterocycles. The van der Waals surface area contributed by atoms with Crippen molar-refractivity contribution in [1.29, 1.82) is 0 Å². The van der Waals surface area contributed by atoms with Crippen molar-refractivity contribution in [2.75, 3.05) is 13.7 Å². The zero-order chi connectivity index (χ0) is 19.0. The molecule has 0 radical (unpaired) electrons. The second-order valence-corrected chi connectivity index (χ2v) is 6.03. The van der Waals surface area contributed by atoms with Gasteiger partial charge in [0, 0.05) is 6.42 Å². The maximum atomic E-state index is 12.8. The molecule has 1 atom stereocenters. The van der Waals surface area contributed by atoms with E-state index in [1.165, 1.54) is 31.4 Å². The van der Waals surface area contributed by atoms with E-state index >= 15 is 0 Å². The van der Waals surface area contributed by atoms with Crippen LogP contribution in [0, 0.1) is 5.82 Å². The highest BCUT2D eigenvalue weighted by molar-refractivity contribution is 5.68. The normalized spacial score (nSPS) is 12.6. The van der Waals surface area contributed by atoms with Gasteiger partial charge < -0.3 is 14.6 Å². The fourth-order valence-corrected chi connectivity index (χ4v) is 2.30. The molecule has 0 saturated carbocycles. The third kappa shape index (κ3) is 11.4. The van der Waals surface area contributed by atoms with Gasteiger partial charge in [-0.15, -0.1) is 0 Å². The first kappa shape index (κ1) is 21.9. The largest absolute Gasteiger partial charge is 0.491 e. The molecule has 0 spiro atoms. The number of ether oxygens (including phenoxy) is 2. The zero-order valence-electron chi connectivity index (χ0n) is 15.4. The Bertz CT molecular complexity index is 552. The van der Waals surface area contributed by atoms with Crippen LogP contribution in [0.1, 0.15) is 44.9 Å². The standard InChI is InChI=1S/C21H29FO4/c1-25-21(24)12-10-8-6-4-2-3-5-7-9-11-19(23)17-26-20-15-13-18(22)14-16-20/h5,7,9,11,13-16,19,23H,2-4,6,8,10,12,17H2,1H3/b7-5-,11-9+/t19-/m1/s1. The second-order valence-electron chi connectivity index (χ2n) is 6.03. The highest BCUT2D eigenvalue weighted by Crippen LogP contribution is 2.11. The van der Waals surface area contributed by atoms with Gasteiger partial charge >= 0.3 is 5.97 Å². The van der Waals surface area contributed by atoms with Crippen molar-refractivity contribution in [2.45, 2.75) is 51.0 Å². The van der Waals surface area contributed by atoms with Crippen LogP contribution >= 0.6 is 0 Å². The maximum Gasteiger partial charge on any atom is 0.305 e. The van der Waals surface area contributed by atoms with Gasteiger partial charge in [0.15, 0.2) is 0 Å². The van der Waals surface area contributed by atoms with E-state index in [4.69, 9.17) is 4.74 Å². The summed E-state index contributed by atoms with van der Waals surface area (Å²) in [5, 5.41) is 9.79. The number of carbonyl (C=O) groups excluding carboxylic acids is 1. The molecule has 0 heterocycles. The molecule has 0 amide bonds. The lowest BCUT2D eigenvalue weighted by atomic mass is 10.1. The minimum absolute atomic E-state index is 0.127. The first-order chi connectivity index (χ1) is 12.6. The van der Waals surface area contributed by atoms with Gasteiger partial charge in [-0.2, -0.15) is 0 Å². The molecule has 0 aliphatic rings. The van der Waals surface area contributed by atoms with Crippen LogP contribution in [0.15, 0.2) is 48.6 Å². The third-order valence-electron chi connectivity index (χ3n) is 3.79. The number of carbonyl (C=O) groups is 1. The van der Waals surface area contributed by atoms with E-state index in [-0.39, 0.29) is 18.4 Å². The molecule has 4 nitrogen and oxygen atoms in total. The van der Waals surface area contributed by atoms with Gasteiger partial charge in [0.25, 0.3) is 0 Å². The Morgan fingerprint density at radius 3 is 2.54 bits per heavy atom. The predicted octanol–water partition coefficient (Wildman–Crippen LogP) is 4.58. The smallest absolute Gasteiger partial charge is 0.305 e. The van der Waals surface area contributed by atoms with Gasteiger partial charge in [-0.1, -0.05) is 43.6 Å². The lowest BCUT2D eigenvalue weighted by Gasteiger charge is -2.08. The lowest BCUT2D eigenvalue weighted by molar-refractivity contribution is -0.140. The van der Waals surface area contributed by atoms with Gasteiger partial charge in [0.2, 0.25) is 0 Å². The van der Waals surface area contributed by atoms with Crippen molar-refractivity contribution >= 4 is 5.97 Å². The summed E-state index contributed by atoms with van der Waals surface area (Å²) < 4.78 is 22.7. The monoisotopic (exact) mass is 364 g/mol. The molecular weight excluding hydrogens is 335 g/mol. The van der Waals surface area contributed by atoms with Crippen LogP contribution in [0.5, 0.6) is 5.75 Å². The van der Waals surface area contributed by atoms with Gasteiger partial charge in [0.05, 0.1) is 7.11 Å². The maximum absolute atomic E-state index is 12.8. The molecule has 5 heteroatoms. The topological polar surface area (TPSA) is 55.8 Å². The van der Waals surface area contributed by atoms with Gasteiger partial charge in [-0.25, -0.2) is 4.39 Å². The Morgan fingerprint density at radius 1 is 1.12 bits per heavy atom. The Labute approximate surface area is 155 Å². The van der Waals surface area contributed by atoms with E-state index in [1.807, 2.05) is 6.08 Å². The van der Waals surface area contributed by atoms with Crippen LogP contribution in [0.4, 0.5) is 4.39 Å². The molecule has 1 aromatic carbocycles. The average Bonchev–Trinajstić information content (AvgIpc) is 2.65. The number of allylic oxidation sites excluding steroid dienone is 3. The number of esters is 1. The van der Waals surface area contributed by atoms with Crippen molar-refractivity contribution in [1.82, 2.24) is 0 Å². The number of aliphatic hydroxyl groups is 1. The van der Waals surface area contributed by atoms with E-state index in [2.05, 4.69) is 10.8 Å². The van der Waals surface area contributed by atoms with E-state index in [0.717, 1.165) is 38.5 Å². The van der Waals surface area contributed by atoms with Crippen molar-refractivity contribution in [3.05, 3.63) is 54.4 Å². The molecule has 0 bridgehead atoms. The highest BCUT2D eigenvalue weighted by atomic mass is 19.1. The second kappa shape index (κ2) is 14.1.